The molecule has 0 aliphatic carbocycles. The second-order valence-electron chi connectivity index (χ2n) is 7.58. The predicted molar refractivity (Wildman–Crippen MR) is 125 cm³/mol. The molecule has 0 fully saturated rings. The van der Waals surface area contributed by atoms with Crippen molar-refractivity contribution in [2.45, 2.75) is 13.8 Å². The van der Waals surface area contributed by atoms with Crippen LogP contribution in [0.5, 0.6) is 0 Å². The Hall–Kier alpha value is -4.52. The summed E-state index contributed by atoms with van der Waals surface area (Å²) in [5.74, 6) is 0.811. The summed E-state index contributed by atoms with van der Waals surface area (Å²) in [6, 6.07) is 21.4. The van der Waals surface area contributed by atoms with Gasteiger partial charge >= 0.3 is 0 Å². The molecule has 0 unspecified atom stereocenters. The molecule has 1 N–H and O–H groups in total. The Balaban J connectivity index is 1.61. The summed E-state index contributed by atoms with van der Waals surface area (Å²) in [7, 11) is 0. The highest BCUT2D eigenvalue weighted by atomic mass is 16.5. The fourth-order valence-electron chi connectivity index (χ4n) is 3.73. The maximum atomic E-state index is 13.3. The Morgan fingerprint density at radius 1 is 0.909 bits per heavy atom. The first-order valence-electron chi connectivity index (χ1n) is 10.4. The summed E-state index contributed by atoms with van der Waals surface area (Å²) < 4.78 is 11.4. The van der Waals surface area contributed by atoms with Crippen LogP contribution in [-0.2, 0) is 0 Å². The third-order valence-electron chi connectivity index (χ3n) is 5.36. The van der Waals surface area contributed by atoms with Crippen LogP contribution in [-0.4, -0.2) is 16.0 Å². The molecule has 0 aliphatic rings. The minimum absolute atomic E-state index is 0.175. The lowest BCUT2D eigenvalue weighted by Gasteiger charge is -2.12. The highest BCUT2D eigenvalue weighted by Gasteiger charge is 2.20. The summed E-state index contributed by atoms with van der Waals surface area (Å²) in [5, 5.41) is 7.06. The molecular weight excluding hydrogens is 418 g/mol. The summed E-state index contributed by atoms with van der Waals surface area (Å²) >= 11 is 0. The lowest BCUT2D eigenvalue weighted by Crippen LogP contribution is -2.15. The second-order valence-corrected chi connectivity index (χ2v) is 7.58. The van der Waals surface area contributed by atoms with Gasteiger partial charge in [0.15, 0.2) is 16.8 Å². The maximum Gasteiger partial charge on any atom is 0.260 e. The molecule has 0 saturated heterocycles. The summed E-state index contributed by atoms with van der Waals surface area (Å²) in [6.07, 6.45) is 0. The van der Waals surface area contributed by atoms with Crippen molar-refractivity contribution in [3.8, 4) is 22.8 Å². The number of hydrogen-bond donors (Lipinski definition) is 1. The van der Waals surface area contributed by atoms with E-state index in [0.717, 1.165) is 5.56 Å². The summed E-state index contributed by atoms with van der Waals surface area (Å²) in [5.41, 5.74) is 2.65. The van der Waals surface area contributed by atoms with Crippen molar-refractivity contribution in [1.82, 2.24) is 10.1 Å². The average molecular weight is 437 g/mol. The van der Waals surface area contributed by atoms with Gasteiger partial charge in [-0.1, -0.05) is 53.7 Å². The molecule has 0 atom stereocenters. The van der Waals surface area contributed by atoms with Crippen LogP contribution in [0.2, 0.25) is 0 Å². The second kappa shape index (κ2) is 8.20. The van der Waals surface area contributed by atoms with Crippen molar-refractivity contribution < 1.29 is 13.7 Å². The quantitative estimate of drug-likeness (QED) is 0.405. The lowest BCUT2D eigenvalue weighted by atomic mass is 10.0. The fraction of sp³-hybridized carbons (Fsp3) is 0.0769. The molecule has 2 heterocycles. The molecule has 0 aliphatic heterocycles. The van der Waals surface area contributed by atoms with Gasteiger partial charge in [-0.15, -0.1) is 0 Å². The van der Waals surface area contributed by atoms with Crippen molar-refractivity contribution in [1.29, 1.82) is 0 Å². The van der Waals surface area contributed by atoms with Gasteiger partial charge in [0, 0.05) is 11.1 Å². The van der Waals surface area contributed by atoms with Gasteiger partial charge in [-0.25, -0.2) is 0 Å². The molecule has 33 heavy (non-hydrogen) atoms. The molecule has 7 nitrogen and oxygen atoms in total. The fourth-order valence-corrected chi connectivity index (χ4v) is 3.73. The Kier molecular flexibility index (Phi) is 5.06. The van der Waals surface area contributed by atoms with Crippen LogP contribution in [0.3, 0.4) is 0 Å². The molecular formula is C26H19N3O4. The third-order valence-corrected chi connectivity index (χ3v) is 5.36. The monoisotopic (exact) mass is 437 g/mol. The van der Waals surface area contributed by atoms with Crippen LogP contribution in [0.15, 0.2) is 86.5 Å². The molecule has 162 valence electrons. The first-order valence-corrected chi connectivity index (χ1v) is 10.4. The number of para-hydroxylation sites is 2. The number of amides is 1. The molecule has 1 amide bonds. The van der Waals surface area contributed by atoms with E-state index in [9.17, 15) is 9.59 Å². The molecule has 3 aromatic carbocycles. The molecule has 0 saturated carbocycles. The van der Waals surface area contributed by atoms with E-state index in [1.54, 1.807) is 50.2 Å². The van der Waals surface area contributed by atoms with Crippen LogP contribution in [0.1, 0.15) is 21.7 Å². The predicted octanol–water partition coefficient (Wildman–Crippen LogP) is 5.38. The van der Waals surface area contributed by atoms with E-state index < -0.39 is 5.91 Å². The average Bonchev–Trinajstić information content (AvgIpc) is 3.28. The van der Waals surface area contributed by atoms with Crippen LogP contribution < -0.4 is 10.7 Å². The highest BCUT2D eigenvalue weighted by Crippen LogP contribution is 2.30. The molecule has 7 heteroatoms. The summed E-state index contributed by atoms with van der Waals surface area (Å²) in [6.45, 7) is 3.45. The number of aromatic nitrogens is 2. The number of carbonyl (C=O) groups is 1. The SMILES string of the molecule is Cc1noc(-c2ccccc2NC(=O)c2cccc3c(=O)c(C)c(-c4ccccc4)oc23)n1. The van der Waals surface area contributed by atoms with E-state index in [2.05, 4.69) is 15.5 Å². The molecule has 0 bridgehead atoms. The van der Waals surface area contributed by atoms with Crippen molar-refractivity contribution in [2.75, 3.05) is 5.32 Å². The number of benzene rings is 3. The van der Waals surface area contributed by atoms with Crippen LogP contribution >= 0.6 is 0 Å². The maximum absolute atomic E-state index is 13.3. The van der Waals surface area contributed by atoms with E-state index in [-0.39, 0.29) is 16.6 Å². The van der Waals surface area contributed by atoms with Gasteiger partial charge in [-0.2, -0.15) is 4.98 Å². The molecule has 5 rings (SSSR count). The van der Waals surface area contributed by atoms with Crippen molar-refractivity contribution in [2.24, 2.45) is 0 Å². The van der Waals surface area contributed by atoms with E-state index in [4.69, 9.17) is 8.94 Å². The number of rotatable bonds is 4. The molecule has 0 radical (unpaired) electrons. The molecule has 5 aromatic rings. The smallest absolute Gasteiger partial charge is 0.260 e. The van der Waals surface area contributed by atoms with Gasteiger partial charge in [0.2, 0.25) is 0 Å². The van der Waals surface area contributed by atoms with Gasteiger partial charge < -0.3 is 14.3 Å². The number of nitrogens with zero attached hydrogens (tertiary/aromatic N) is 2. The van der Waals surface area contributed by atoms with Gasteiger partial charge in [0.05, 0.1) is 22.2 Å². The van der Waals surface area contributed by atoms with E-state index in [1.165, 1.54) is 0 Å². The van der Waals surface area contributed by atoms with Crippen molar-refractivity contribution in [3.63, 3.8) is 0 Å². The Labute approximate surface area is 188 Å². The lowest BCUT2D eigenvalue weighted by molar-refractivity contribution is 0.102. The first kappa shape index (κ1) is 20.4. The Morgan fingerprint density at radius 3 is 2.42 bits per heavy atom. The third kappa shape index (κ3) is 3.70. The van der Waals surface area contributed by atoms with Crippen LogP contribution in [0, 0.1) is 13.8 Å². The zero-order valence-electron chi connectivity index (χ0n) is 18.0. The van der Waals surface area contributed by atoms with Gasteiger partial charge in [-0.05, 0) is 38.1 Å². The standard InChI is InChI=1S/C26H19N3O4/c1-15-22(30)19-12-8-13-20(24(19)32-23(15)17-9-4-3-5-10-17)25(31)28-21-14-7-6-11-18(21)26-27-16(2)29-33-26/h3-14H,1-2H3,(H,28,31). The van der Waals surface area contributed by atoms with Gasteiger partial charge in [0.25, 0.3) is 11.8 Å². The topological polar surface area (TPSA) is 98.2 Å². The van der Waals surface area contributed by atoms with Gasteiger partial charge in [0.1, 0.15) is 5.76 Å². The number of hydrogen-bond acceptors (Lipinski definition) is 6. The minimum atomic E-state index is -0.421. The number of carbonyl (C=O) groups excluding carboxylic acids is 1. The van der Waals surface area contributed by atoms with Gasteiger partial charge in [-0.3, -0.25) is 9.59 Å². The number of anilines is 1. The zero-order chi connectivity index (χ0) is 22.9. The van der Waals surface area contributed by atoms with Crippen LogP contribution in [0.25, 0.3) is 33.7 Å². The Morgan fingerprint density at radius 2 is 1.67 bits per heavy atom. The number of aryl methyl sites for hydroxylation is 1. The molecule has 0 spiro atoms. The Bertz CT molecular complexity index is 1550. The van der Waals surface area contributed by atoms with Crippen molar-refractivity contribution >= 4 is 22.6 Å². The minimum Gasteiger partial charge on any atom is -0.455 e. The van der Waals surface area contributed by atoms with E-state index in [1.807, 2.05) is 36.4 Å². The number of nitrogens with one attached hydrogen (secondary N) is 1. The summed E-state index contributed by atoms with van der Waals surface area (Å²) in [4.78, 5) is 30.6. The van der Waals surface area contributed by atoms with Crippen molar-refractivity contribution in [3.05, 3.63) is 100.0 Å². The number of fused-ring (bicyclic) bond motifs is 1. The highest BCUT2D eigenvalue weighted by molar-refractivity contribution is 6.12. The first-order chi connectivity index (χ1) is 16.0. The molecule has 2 aromatic heterocycles. The largest absolute Gasteiger partial charge is 0.455 e. The zero-order valence-corrected chi connectivity index (χ0v) is 18.0. The normalized spacial score (nSPS) is 11.0. The van der Waals surface area contributed by atoms with E-state index >= 15 is 0 Å². The van der Waals surface area contributed by atoms with E-state index in [0.29, 0.717) is 39.7 Å². The van der Waals surface area contributed by atoms with Crippen LogP contribution in [0.4, 0.5) is 5.69 Å².